The molecule has 0 aliphatic rings. The van der Waals surface area contributed by atoms with Crippen molar-refractivity contribution in [2.45, 2.75) is 0 Å². The second kappa shape index (κ2) is 24.6. The molecule has 0 atom stereocenters. The molecule has 5 heavy (non-hydrogen) atoms. The zero-order valence-electron chi connectivity index (χ0n) is 4.71. The number of hydrogen-bond donors (Lipinski definition) is 1. The van der Waals surface area contributed by atoms with Gasteiger partial charge in [0.25, 0.3) is 0 Å². The molecule has 0 spiro atoms. The van der Waals surface area contributed by atoms with Crippen molar-refractivity contribution in [3.8, 4) is 0 Å². The third kappa shape index (κ3) is 18.0. The Kier molecular flexibility index (Phi) is 178. The summed E-state index contributed by atoms with van der Waals surface area (Å²) < 4.78 is 0. The zero-order chi connectivity index (χ0) is 0. The fourth-order valence-electron chi connectivity index (χ4n) is 0. The number of hydrogen-bond acceptors (Lipinski definition) is 1. The number of rotatable bonds is 0. The molecular formula is H3NNa4+4. The van der Waals surface area contributed by atoms with Crippen LogP contribution in [0.5, 0.6) is 0 Å². The Balaban J connectivity index is 0. The topological polar surface area (TPSA) is 35.0 Å². The van der Waals surface area contributed by atoms with E-state index in [9.17, 15) is 0 Å². The van der Waals surface area contributed by atoms with Gasteiger partial charge in [-0.1, -0.05) is 0 Å². The molecule has 0 saturated heterocycles. The van der Waals surface area contributed by atoms with Gasteiger partial charge in [0.05, 0.1) is 0 Å². The third-order valence-electron chi connectivity index (χ3n) is 0. The first kappa shape index (κ1) is 36.2. The SMILES string of the molecule is N.[Na+].[Na+].[Na+].[Na+]. The van der Waals surface area contributed by atoms with E-state index >= 15 is 0 Å². The van der Waals surface area contributed by atoms with Crippen LogP contribution in [-0.2, 0) is 0 Å². The standard InChI is InChI=1S/H3N.4Na/h1H3;;;;/q;4*+1. The summed E-state index contributed by atoms with van der Waals surface area (Å²) in [6.07, 6.45) is 0. The van der Waals surface area contributed by atoms with E-state index in [-0.39, 0.29) is 124 Å². The molecular weight excluding hydrogens is 106 g/mol. The monoisotopic (exact) mass is 109 g/mol. The second-order valence-corrected chi connectivity index (χ2v) is 0. The molecule has 5 heteroatoms. The quantitative estimate of drug-likeness (QED) is 0.308. The summed E-state index contributed by atoms with van der Waals surface area (Å²) in [6, 6.07) is 0. The smallest absolute Gasteiger partial charge is 0.344 e. The van der Waals surface area contributed by atoms with Gasteiger partial charge in [0.2, 0.25) is 0 Å². The fourth-order valence-corrected chi connectivity index (χ4v) is 0. The summed E-state index contributed by atoms with van der Waals surface area (Å²) in [5, 5.41) is 0. The maximum absolute atomic E-state index is 0. The molecule has 8 valence electrons. The van der Waals surface area contributed by atoms with Crippen LogP contribution in [0, 0.1) is 0 Å². The van der Waals surface area contributed by atoms with Crippen molar-refractivity contribution in [1.82, 2.24) is 6.15 Å². The van der Waals surface area contributed by atoms with Gasteiger partial charge in [-0.3, -0.25) is 0 Å². The van der Waals surface area contributed by atoms with Crippen molar-refractivity contribution in [1.29, 1.82) is 0 Å². The molecule has 0 fully saturated rings. The molecule has 0 rings (SSSR count). The van der Waals surface area contributed by atoms with E-state index in [0.29, 0.717) is 0 Å². The predicted molar refractivity (Wildman–Crippen MR) is 5.02 cm³/mol. The van der Waals surface area contributed by atoms with E-state index in [1.807, 2.05) is 0 Å². The van der Waals surface area contributed by atoms with Crippen LogP contribution in [0.15, 0.2) is 0 Å². The first-order valence-electron chi connectivity index (χ1n) is 0. The van der Waals surface area contributed by atoms with Crippen LogP contribution in [0.3, 0.4) is 0 Å². The van der Waals surface area contributed by atoms with Crippen molar-refractivity contribution >= 4 is 0 Å². The molecule has 0 heterocycles. The molecule has 0 saturated carbocycles. The first-order valence-corrected chi connectivity index (χ1v) is 0. The van der Waals surface area contributed by atoms with E-state index in [2.05, 4.69) is 0 Å². The first-order chi connectivity index (χ1) is 0. The molecule has 0 aromatic heterocycles. The Morgan fingerprint density at radius 3 is 0.400 bits per heavy atom. The Morgan fingerprint density at radius 1 is 0.400 bits per heavy atom. The summed E-state index contributed by atoms with van der Waals surface area (Å²) in [4.78, 5) is 0. The minimum absolute atomic E-state index is 0. The van der Waals surface area contributed by atoms with Crippen molar-refractivity contribution in [2.24, 2.45) is 0 Å². The van der Waals surface area contributed by atoms with Crippen LogP contribution < -0.4 is 124 Å². The normalized spacial score (nSPS) is 0. The molecule has 0 radical (unpaired) electrons. The summed E-state index contributed by atoms with van der Waals surface area (Å²) >= 11 is 0. The van der Waals surface area contributed by atoms with Crippen molar-refractivity contribution in [2.75, 3.05) is 0 Å². The van der Waals surface area contributed by atoms with Crippen LogP contribution >= 0.6 is 0 Å². The molecule has 0 aliphatic heterocycles. The van der Waals surface area contributed by atoms with E-state index < -0.39 is 0 Å². The molecule has 0 aliphatic carbocycles. The predicted octanol–water partition coefficient (Wildman–Crippen LogP) is -11.8. The van der Waals surface area contributed by atoms with Crippen LogP contribution in [-0.4, -0.2) is 0 Å². The van der Waals surface area contributed by atoms with E-state index in [1.54, 1.807) is 0 Å². The average molecular weight is 109 g/mol. The Labute approximate surface area is 121 Å². The van der Waals surface area contributed by atoms with E-state index in [0.717, 1.165) is 0 Å². The van der Waals surface area contributed by atoms with Gasteiger partial charge in [-0.15, -0.1) is 0 Å². The van der Waals surface area contributed by atoms with Crippen LogP contribution in [0.4, 0.5) is 0 Å². The second-order valence-electron chi connectivity index (χ2n) is 0. The van der Waals surface area contributed by atoms with Gasteiger partial charge in [-0.2, -0.15) is 0 Å². The van der Waals surface area contributed by atoms with E-state index in [1.165, 1.54) is 0 Å². The summed E-state index contributed by atoms with van der Waals surface area (Å²) in [7, 11) is 0. The van der Waals surface area contributed by atoms with Crippen molar-refractivity contribution in [3.63, 3.8) is 0 Å². The van der Waals surface area contributed by atoms with Gasteiger partial charge in [-0.25, -0.2) is 0 Å². The molecule has 0 unspecified atom stereocenters. The minimum Gasteiger partial charge on any atom is -0.344 e. The summed E-state index contributed by atoms with van der Waals surface area (Å²) in [6.45, 7) is 0. The Morgan fingerprint density at radius 2 is 0.400 bits per heavy atom. The molecule has 0 bridgehead atoms. The maximum Gasteiger partial charge on any atom is 1.00 e. The van der Waals surface area contributed by atoms with Crippen molar-refractivity contribution in [3.05, 3.63) is 0 Å². The Bertz CT molecular complexity index is 3.61. The zero-order valence-corrected chi connectivity index (χ0v) is 12.7. The third-order valence-corrected chi connectivity index (χ3v) is 0. The van der Waals surface area contributed by atoms with Gasteiger partial charge in [0.15, 0.2) is 0 Å². The van der Waals surface area contributed by atoms with E-state index in [4.69, 9.17) is 0 Å². The van der Waals surface area contributed by atoms with Crippen LogP contribution in [0.1, 0.15) is 0 Å². The van der Waals surface area contributed by atoms with Gasteiger partial charge < -0.3 is 6.15 Å². The molecule has 0 aromatic carbocycles. The summed E-state index contributed by atoms with van der Waals surface area (Å²) in [5.74, 6) is 0. The average Bonchev–Trinajstić information content (AvgIpc) is 0. The molecule has 0 amide bonds. The van der Waals surface area contributed by atoms with Crippen molar-refractivity contribution < 1.29 is 118 Å². The molecule has 0 aromatic rings. The van der Waals surface area contributed by atoms with Gasteiger partial charge in [0.1, 0.15) is 0 Å². The van der Waals surface area contributed by atoms with Crippen LogP contribution in [0.25, 0.3) is 0 Å². The Hall–Kier alpha value is 3.96. The molecule has 1 nitrogen and oxygen atoms in total. The largest absolute Gasteiger partial charge is 1.00 e. The summed E-state index contributed by atoms with van der Waals surface area (Å²) in [5.41, 5.74) is 0. The maximum atomic E-state index is 0. The van der Waals surface area contributed by atoms with Gasteiger partial charge >= 0.3 is 118 Å². The van der Waals surface area contributed by atoms with Gasteiger partial charge in [-0.05, 0) is 0 Å². The van der Waals surface area contributed by atoms with Crippen LogP contribution in [0.2, 0.25) is 0 Å². The molecule has 3 N–H and O–H groups in total. The fraction of sp³-hybridized carbons (Fsp3) is 0. The minimum atomic E-state index is 0. The van der Waals surface area contributed by atoms with Gasteiger partial charge in [0, 0.05) is 0 Å².